The van der Waals surface area contributed by atoms with Gasteiger partial charge in [-0.15, -0.1) is 0 Å². The average Bonchev–Trinajstić information content (AvgIpc) is 2.65. The maximum Gasteiger partial charge on any atom is 0.263 e. The molecule has 1 fully saturated rings. The van der Waals surface area contributed by atoms with Crippen molar-refractivity contribution < 1.29 is 21.9 Å². The van der Waals surface area contributed by atoms with E-state index in [1.165, 1.54) is 12.3 Å². The largest absolute Gasteiger partial charge is 0.381 e. The molecule has 6 nitrogen and oxygen atoms in total. The molecule has 9 heteroatoms. The van der Waals surface area contributed by atoms with Crippen LogP contribution in [0.15, 0.2) is 41.4 Å². The average molecular weight is 383 g/mol. The summed E-state index contributed by atoms with van der Waals surface area (Å²) in [5, 5.41) is 0. The van der Waals surface area contributed by atoms with Gasteiger partial charge in [0.1, 0.15) is 10.7 Å². The molecular weight excluding hydrogens is 364 g/mol. The molecule has 3 rings (SSSR count). The molecule has 0 unspecified atom stereocenters. The van der Waals surface area contributed by atoms with Crippen LogP contribution in [0.25, 0.3) is 0 Å². The van der Waals surface area contributed by atoms with Gasteiger partial charge in [0.2, 0.25) is 0 Å². The fraction of sp³-hybridized carbons (Fsp3) is 0.353. The molecule has 0 spiro atoms. The van der Waals surface area contributed by atoms with Crippen LogP contribution in [0, 0.1) is 11.6 Å². The third kappa shape index (κ3) is 4.10. The van der Waals surface area contributed by atoms with E-state index in [-0.39, 0.29) is 16.7 Å². The summed E-state index contributed by atoms with van der Waals surface area (Å²) in [6.45, 7) is 1.56. The van der Waals surface area contributed by atoms with E-state index in [0.717, 1.165) is 44.1 Å². The van der Waals surface area contributed by atoms with Crippen LogP contribution < -0.4 is 9.62 Å². The van der Waals surface area contributed by atoms with Crippen LogP contribution in [0.5, 0.6) is 0 Å². The number of nitrogens with one attached hydrogen (secondary N) is 1. The minimum absolute atomic E-state index is 0.0576. The minimum Gasteiger partial charge on any atom is -0.381 e. The Balaban J connectivity index is 1.71. The van der Waals surface area contributed by atoms with E-state index >= 15 is 0 Å². The number of aromatic nitrogens is 1. The third-order valence-electron chi connectivity index (χ3n) is 4.30. The summed E-state index contributed by atoms with van der Waals surface area (Å²) in [7, 11) is -2.25. The number of hydrogen-bond acceptors (Lipinski definition) is 5. The van der Waals surface area contributed by atoms with E-state index in [2.05, 4.69) is 14.6 Å². The van der Waals surface area contributed by atoms with Crippen molar-refractivity contribution in [3.05, 3.63) is 48.2 Å². The highest BCUT2D eigenvalue weighted by atomic mass is 32.2. The molecule has 0 radical (unpaired) electrons. The first-order valence-electron chi connectivity index (χ1n) is 8.11. The van der Waals surface area contributed by atoms with Gasteiger partial charge in [0.25, 0.3) is 10.0 Å². The molecule has 0 bridgehead atoms. The number of nitrogens with zero attached hydrogens (tertiary/aromatic N) is 2. The van der Waals surface area contributed by atoms with Crippen molar-refractivity contribution in [1.82, 2.24) is 4.98 Å². The van der Waals surface area contributed by atoms with Gasteiger partial charge in [0.15, 0.2) is 11.6 Å². The Morgan fingerprint density at radius 3 is 2.46 bits per heavy atom. The molecule has 1 aromatic carbocycles. The predicted octanol–water partition coefficient (Wildman–Crippen LogP) is 2.78. The van der Waals surface area contributed by atoms with Gasteiger partial charge in [0, 0.05) is 32.5 Å². The summed E-state index contributed by atoms with van der Waals surface area (Å²) in [6, 6.07) is 5.87. The van der Waals surface area contributed by atoms with E-state index < -0.39 is 21.7 Å². The lowest BCUT2D eigenvalue weighted by atomic mass is 10.1. The van der Waals surface area contributed by atoms with Crippen molar-refractivity contribution in [2.75, 3.05) is 29.8 Å². The van der Waals surface area contributed by atoms with Crippen molar-refractivity contribution in [2.24, 2.45) is 0 Å². The number of pyridine rings is 1. The Morgan fingerprint density at radius 1 is 1.15 bits per heavy atom. The summed E-state index contributed by atoms with van der Waals surface area (Å²) in [5.74, 6) is -1.49. The standard InChI is InChI=1S/C17H19F2N3O3S/c1-25-13-6-8-22(9-7-13)17-5-3-14(11-20-17)26(23,24)21-12-2-4-15(18)16(19)10-12/h2-5,10-11,13,21H,6-9H2,1H3. The Morgan fingerprint density at radius 2 is 1.88 bits per heavy atom. The Bertz CT molecular complexity index is 867. The number of benzene rings is 1. The van der Waals surface area contributed by atoms with Gasteiger partial charge < -0.3 is 9.64 Å². The van der Waals surface area contributed by atoms with Crippen LogP contribution in [-0.4, -0.2) is 39.7 Å². The van der Waals surface area contributed by atoms with E-state index in [1.807, 2.05) is 0 Å². The highest BCUT2D eigenvalue weighted by Gasteiger charge is 2.21. The van der Waals surface area contributed by atoms with Crippen LogP contribution in [0.1, 0.15) is 12.8 Å². The van der Waals surface area contributed by atoms with Crippen LogP contribution >= 0.6 is 0 Å². The van der Waals surface area contributed by atoms with Crippen LogP contribution in [0.4, 0.5) is 20.3 Å². The topological polar surface area (TPSA) is 71.5 Å². The fourth-order valence-corrected chi connectivity index (χ4v) is 3.81. The van der Waals surface area contributed by atoms with Gasteiger partial charge in [-0.3, -0.25) is 4.72 Å². The van der Waals surface area contributed by atoms with Crippen molar-refractivity contribution in [3.8, 4) is 0 Å². The van der Waals surface area contributed by atoms with Crippen molar-refractivity contribution in [1.29, 1.82) is 0 Å². The molecule has 1 N–H and O–H groups in total. The quantitative estimate of drug-likeness (QED) is 0.860. The zero-order chi connectivity index (χ0) is 18.7. The van der Waals surface area contributed by atoms with Gasteiger partial charge in [0.05, 0.1) is 11.8 Å². The van der Waals surface area contributed by atoms with Gasteiger partial charge in [-0.1, -0.05) is 0 Å². The molecule has 26 heavy (non-hydrogen) atoms. The number of sulfonamides is 1. The minimum atomic E-state index is -3.94. The second-order valence-electron chi connectivity index (χ2n) is 6.01. The lowest BCUT2D eigenvalue weighted by Gasteiger charge is -2.32. The molecule has 2 aromatic rings. The summed E-state index contributed by atoms with van der Waals surface area (Å²) in [6.07, 6.45) is 3.26. The molecule has 1 aromatic heterocycles. The molecule has 0 amide bonds. The first-order valence-corrected chi connectivity index (χ1v) is 9.59. The molecule has 1 aliphatic heterocycles. The second-order valence-corrected chi connectivity index (χ2v) is 7.69. The summed E-state index contributed by atoms with van der Waals surface area (Å²) < 4.78 is 58.5. The third-order valence-corrected chi connectivity index (χ3v) is 5.67. The lowest BCUT2D eigenvalue weighted by Crippen LogP contribution is -2.37. The molecule has 0 atom stereocenters. The molecule has 1 aliphatic rings. The number of hydrogen-bond donors (Lipinski definition) is 1. The van der Waals surface area contributed by atoms with Crippen LogP contribution in [0.2, 0.25) is 0 Å². The number of piperidine rings is 1. The SMILES string of the molecule is COC1CCN(c2ccc(S(=O)(=O)Nc3ccc(F)c(F)c3)cn2)CC1. The molecule has 1 saturated heterocycles. The molecule has 140 valence electrons. The van der Waals surface area contributed by atoms with Gasteiger partial charge in [-0.2, -0.15) is 0 Å². The van der Waals surface area contributed by atoms with E-state index in [1.54, 1.807) is 13.2 Å². The molecular formula is C17H19F2N3O3S. The summed E-state index contributed by atoms with van der Waals surface area (Å²) >= 11 is 0. The lowest BCUT2D eigenvalue weighted by molar-refractivity contribution is 0.0818. The van der Waals surface area contributed by atoms with Gasteiger partial charge in [-0.25, -0.2) is 22.2 Å². The van der Waals surface area contributed by atoms with E-state index in [0.29, 0.717) is 5.82 Å². The number of anilines is 2. The first-order chi connectivity index (χ1) is 12.4. The smallest absolute Gasteiger partial charge is 0.263 e. The fourth-order valence-electron chi connectivity index (χ4n) is 2.81. The molecule has 2 heterocycles. The second kappa shape index (κ2) is 7.55. The Kier molecular flexibility index (Phi) is 5.38. The first kappa shape index (κ1) is 18.5. The highest BCUT2D eigenvalue weighted by Crippen LogP contribution is 2.22. The Hall–Kier alpha value is -2.26. The van der Waals surface area contributed by atoms with Crippen LogP contribution in [-0.2, 0) is 14.8 Å². The summed E-state index contributed by atoms with van der Waals surface area (Å²) in [4.78, 5) is 6.23. The molecule has 0 aliphatic carbocycles. The number of ether oxygens (including phenoxy) is 1. The zero-order valence-electron chi connectivity index (χ0n) is 14.2. The number of rotatable bonds is 5. The van der Waals surface area contributed by atoms with Crippen molar-refractivity contribution >= 4 is 21.5 Å². The predicted molar refractivity (Wildman–Crippen MR) is 93.6 cm³/mol. The zero-order valence-corrected chi connectivity index (χ0v) is 15.0. The highest BCUT2D eigenvalue weighted by molar-refractivity contribution is 7.92. The summed E-state index contributed by atoms with van der Waals surface area (Å²) in [5.41, 5.74) is -0.0605. The molecule has 0 saturated carbocycles. The van der Waals surface area contributed by atoms with E-state index in [9.17, 15) is 17.2 Å². The van der Waals surface area contributed by atoms with Gasteiger partial charge >= 0.3 is 0 Å². The van der Waals surface area contributed by atoms with Crippen molar-refractivity contribution in [2.45, 2.75) is 23.8 Å². The number of halogens is 2. The maximum absolute atomic E-state index is 13.2. The van der Waals surface area contributed by atoms with E-state index in [4.69, 9.17) is 4.74 Å². The normalized spacial score (nSPS) is 15.9. The van der Waals surface area contributed by atoms with Crippen molar-refractivity contribution in [3.63, 3.8) is 0 Å². The monoisotopic (exact) mass is 383 g/mol. The Labute approximate surface area is 150 Å². The maximum atomic E-state index is 13.2. The van der Waals surface area contributed by atoms with Crippen LogP contribution in [0.3, 0.4) is 0 Å². The number of methoxy groups -OCH3 is 1. The van der Waals surface area contributed by atoms with Gasteiger partial charge in [-0.05, 0) is 37.1 Å².